The molecule has 0 atom stereocenters. The van der Waals surface area contributed by atoms with E-state index in [1.54, 1.807) is 21.3 Å². The summed E-state index contributed by atoms with van der Waals surface area (Å²) >= 11 is 6.24. The van der Waals surface area contributed by atoms with Crippen molar-refractivity contribution in [3.8, 4) is 17.2 Å². The van der Waals surface area contributed by atoms with E-state index in [-0.39, 0.29) is 6.71 Å². The Balaban J connectivity index is 1.93. The number of fused-ring (bicyclic) bond motifs is 2. The standard InChI is InChI=1S/C14H11BClN7O/c16-9-3-8(5-22-7-19-20-14(9)22)12-11(13(18)24)10-4-15(6-17)1-2-23(10)21-12/h3,5,7H,1-2,4H2,(H2,18,24). The van der Waals surface area contributed by atoms with E-state index in [4.69, 9.17) is 17.3 Å². The fraction of sp³-hybridized carbons (Fsp3) is 0.214. The van der Waals surface area contributed by atoms with Crippen molar-refractivity contribution in [1.29, 1.82) is 5.26 Å². The third-order valence-electron chi connectivity index (χ3n) is 4.24. The van der Waals surface area contributed by atoms with Crippen LogP contribution in [0.25, 0.3) is 16.9 Å². The zero-order chi connectivity index (χ0) is 16.8. The highest BCUT2D eigenvalue weighted by Gasteiger charge is 2.30. The van der Waals surface area contributed by atoms with Crippen LogP contribution in [0.1, 0.15) is 16.1 Å². The zero-order valence-corrected chi connectivity index (χ0v) is 13.2. The monoisotopic (exact) mass is 339 g/mol. The molecule has 118 valence electrons. The second kappa shape index (κ2) is 5.35. The largest absolute Gasteiger partial charge is 0.365 e. The van der Waals surface area contributed by atoms with Crippen LogP contribution >= 0.6 is 11.6 Å². The Morgan fingerprint density at radius 1 is 1.50 bits per heavy atom. The van der Waals surface area contributed by atoms with E-state index in [0.29, 0.717) is 52.4 Å². The molecule has 0 saturated carbocycles. The fourth-order valence-electron chi connectivity index (χ4n) is 3.10. The number of nitriles is 1. The van der Waals surface area contributed by atoms with Gasteiger partial charge in [0.15, 0.2) is 5.65 Å². The molecule has 4 heterocycles. The number of hydrogen-bond donors (Lipinski definition) is 1. The Morgan fingerprint density at radius 3 is 3.08 bits per heavy atom. The van der Waals surface area contributed by atoms with Gasteiger partial charge < -0.3 is 5.73 Å². The van der Waals surface area contributed by atoms with Crippen molar-refractivity contribution in [2.75, 3.05) is 0 Å². The average Bonchev–Trinajstić information content (AvgIpc) is 3.18. The van der Waals surface area contributed by atoms with Gasteiger partial charge in [-0.2, -0.15) is 5.10 Å². The predicted molar refractivity (Wildman–Crippen MR) is 87.6 cm³/mol. The van der Waals surface area contributed by atoms with Crippen LogP contribution in [-0.4, -0.2) is 37.0 Å². The lowest BCUT2D eigenvalue weighted by molar-refractivity contribution is 0.1000. The molecule has 0 bridgehead atoms. The summed E-state index contributed by atoms with van der Waals surface area (Å²) in [4.78, 5) is 12.0. The van der Waals surface area contributed by atoms with Gasteiger partial charge in [0.25, 0.3) is 12.6 Å². The Bertz CT molecular complexity index is 1020. The molecular weight excluding hydrogens is 328 g/mol. The van der Waals surface area contributed by atoms with Crippen LogP contribution in [0.15, 0.2) is 18.6 Å². The number of pyridine rings is 1. The number of hydrogen-bond acceptors (Lipinski definition) is 5. The van der Waals surface area contributed by atoms with Crippen LogP contribution < -0.4 is 5.73 Å². The molecule has 3 aromatic heterocycles. The minimum absolute atomic E-state index is 0.135. The number of carbonyl (C=O) groups excluding carboxylic acids is 1. The molecule has 0 aromatic carbocycles. The van der Waals surface area contributed by atoms with Crippen LogP contribution in [0.5, 0.6) is 0 Å². The molecule has 0 aliphatic carbocycles. The van der Waals surface area contributed by atoms with E-state index in [9.17, 15) is 10.1 Å². The first kappa shape index (κ1) is 14.7. The molecule has 4 rings (SSSR count). The van der Waals surface area contributed by atoms with Crippen molar-refractivity contribution in [2.24, 2.45) is 5.73 Å². The highest BCUT2D eigenvalue weighted by molar-refractivity contribution is 6.66. The first-order valence-electron chi connectivity index (χ1n) is 7.37. The quantitative estimate of drug-likeness (QED) is 0.699. The summed E-state index contributed by atoms with van der Waals surface area (Å²) in [6, 6.07) is 1.69. The first-order valence-corrected chi connectivity index (χ1v) is 7.74. The lowest BCUT2D eigenvalue weighted by Crippen LogP contribution is -2.28. The zero-order valence-electron chi connectivity index (χ0n) is 12.5. The van der Waals surface area contributed by atoms with Gasteiger partial charge in [-0.05, 0) is 18.7 Å². The summed E-state index contributed by atoms with van der Waals surface area (Å²) in [7, 11) is 0. The van der Waals surface area contributed by atoms with Crippen molar-refractivity contribution in [3.63, 3.8) is 0 Å². The van der Waals surface area contributed by atoms with E-state index in [1.807, 2.05) is 0 Å². The molecular formula is C14H11BClN7O. The van der Waals surface area contributed by atoms with Gasteiger partial charge in [0.2, 0.25) is 0 Å². The van der Waals surface area contributed by atoms with Gasteiger partial charge in [-0.1, -0.05) is 11.6 Å². The van der Waals surface area contributed by atoms with Gasteiger partial charge in [0.05, 0.1) is 10.6 Å². The fourth-order valence-corrected chi connectivity index (χ4v) is 3.35. The van der Waals surface area contributed by atoms with Crippen LogP contribution in [-0.2, 0) is 12.9 Å². The molecule has 0 fully saturated rings. The number of rotatable bonds is 2. The van der Waals surface area contributed by atoms with Crippen LogP contribution in [0.3, 0.4) is 0 Å². The van der Waals surface area contributed by atoms with Gasteiger partial charge in [-0.15, -0.1) is 10.2 Å². The van der Waals surface area contributed by atoms with Crippen LogP contribution in [0, 0.1) is 11.2 Å². The van der Waals surface area contributed by atoms with Crippen molar-refractivity contribution >= 4 is 29.9 Å². The van der Waals surface area contributed by atoms with Crippen molar-refractivity contribution in [3.05, 3.63) is 34.9 Å². The maximum absolute atomic E-state index is 12.0. The molecule has 0 spiro atoms. The number of amides is 1. The summed E-state index contributed by atoms with van der Waals surface area (Å²) in [5, 5.41) is 21.9. The van der Waals surface area contributed by atoms with Crippen molar-refractivity contribution in [1.82, 2.24) is 24.4 Å². The third-order valence-corrected chi connectivity index (χ3v) is 4.51. The SMILES string of the molecule is N#CB1CCn2nc(-c3cc(Cl)c4nncn4c3)c(C(N)=O)c2C1. The summed E-state index contributed by atoms with van der Waals surface area (Å²) in [5.74, 6) is 1.69. The normalized spacial score (nSPS) is 13.8. The number of halogens is 1. The lowest BCUT2D eigenvalue weighted by atomic mass is 9.45. The minimum atomic E-state index is -0.565. The second-order valence-corrected chi connectivity index (χ2v) is 6.12. The molecule has 8 nitrogen and oxygen atoms in total. The Labute approximate surface area is 141 Å². The van der Waals surface area contributed by atoms with E-state index >= 15 is 0 Å². The van der Waals surface area contributed by atoms with Gasteiger partial charge in [-0.3, -0.25) is 13.9 Å². The third kappa shape index (κ3) is 2.15. The molecule has 10 heteroatoms. The smallest absolute Gasteiger partial charge is 0.275 e. The highest BCUT2D eigenvalue weighted by Crippen LogP contribution is 2.31. The number of nitrogens with zero attached hydrogens (tertiary/aromatic N) is 6. The molecule has 1 amide bonds. The first-order chi connectivity index (χ1) is 11.6. The second-order valence-electron chi connectivity index (χ2n) is 5.72. The number of primary amides is 1. The summed E-state index contributed by atoms with van der Waals surface area (Å²) in [6.45, 7) is 0.445. The lowest BCUT2D eigenvalue weighted by Gasteiger charge is -2.15. The van der Waals surface area contributed by atoms with Gasteiger partial charge >= 0.3 is 0 Å². The minimum Gasteiger partial charge on any atom is -0.365 e. The molecule has 0 unspecified atom stereocenters. The van der Waals surface area contributed by atoms with Crippen molar-refractivity contribution in [2.45, 2.75) is 19.2 Å². The topological polar surface area (TPSA) is 115 Å². The van der Waals surface area contributed by atoms with Gasteiger partial charge in [0, 0.05) is 30.0 Å². The molecule has 2 N–H and O–H groups in total. The predicted octanol–water partition coefficient (Wildman–Crippen LogP) is 0.998. The number of aryl methyl sites for hydroxylation is 1. The van der Waals surface area contributed by atoms with Crippen LogP contribution in [0.4, 0.5) is 0 Å². The average molecular weight is 340 g/mol. The number of nitrogens with two attached hydrogens (primary N) is 1. The van der Waals surface area contributed by atoms with E-state index in [0.717, 1.165) is 0 Å². The number of carbonyl (C=O) groups is 1. The van der Waals surface area contributed by atoms with Crippen molar-refractivity contribution < 1.29 is 4.79 Å². The van der Waals surface area contributed by atoms with Crippen LogP contribution in [0.2, 0.25) is 11.3 Å². The number of aromatic nitrogens is 5. The molecule has 1 aliphatic heterocycles. The van der Waals surface area contributed by atoms with Gasteiger partial charge in [0.1, 0.15) is 12.0 Å². The Kier molecular flexibility index (Phi) is 3.28. The molecule has 24 heavy (non-hydrogen) atoms. The van der Waals surface area contributed by atoms with Gasteiger partial charge in [-0.25, -0.2) is 5.26 Å². The van der Waals surface area contributed by atoms with E-state index in [2.05, 4.69) is 21.3 Å². The highest BCUT2D eigenvalue weighted by atomic mass is 35.5. The summed E-state index contributed by atoms with van der Waals surface area (Å²) < 4.78 is 3.42. The maximum Gasteiger partial charge on any atom is 0.275 e. The molecule has 1 aliphatic rings. The maximum atomic E-state index is 12.0. The van der Waals surface area contributed by atoms with E-state index in [1.165, 1.54) is 6.33 Å². The molecule has 0 saturated heterocycles. The Hall–Kier alpha value is -2.86. The Morgan fingerprint density at radius 2 is 2.33 bits per heavy atom. The van der Waals surface area contributed by atoms with E-state index < -0.39 is 5.91 Å². The molecule has 0 radical (unpaired) electrons. The summed E-state index contributed by atoms with van der Waals surface area (Å²) in [5.41, 5.74) is 8.29. The summed E-state index contributed by atoms with van der Waals surface area (Å²) in [6.07, 6.45) is 4.44. The molecule has 3 aromatic rings.